The van der Waals surface area contributed by atoms with Gasteiger partial charge in [-0.25, -0.2) is 0 Å². The molecule has 0 unspecified atom stereocenters. The van der Waals surface area contributed by atoms with Crippen molar-refractivity contribution in [1.29, 1.82) is 0 Å². The van der Waals surface area contributed by atoms with Gasteiger partial charge in [0.05, 0.1) is 5.52 Å². The summed E-state index contributed by atoms with van der Waals surface area (Å²) in [6.07, 6.45) is 0.959. The van der Waals surface area contributed by atoms with Gasteiger partial charge in [-0.2, -0.15) is 0 Å². The molecule has 0 aliphatic heterocycles. The largest absolute Gasteiger partial charge is 0.366 e. The second-order valence-electron chi connectivity index (χ2n) is 7.88. The molecule has 2 N–H and O–H groups in total. The molecule has 0 radical (unpaired) electrons. The van der Waals surface area contributed by atoms with Gasteiger partial charge in [0.1, 0.15) is 0 Å². The van der Waals surface area contributed by atoms with Crippen LogP contribution < -0.4 is 5.73 Å². The third-order valence-electron chi connectivity index (χ3n) is 6.06. The van der Waals surface area contributed by atoms with Gasteiger partial charge in [-0.15, -0.1) is 0 Å². The lowest BCUT2D eigenvalue weighted by Crippen LogP contribution is -2.11. The molecule has 0 bridgehead atoms. The molecule has 0 fully saturated rings. The maximum Gasteiger partial charge on any atom is 0.249 e. The summed E-state index contributed by atoms with van der Waals surface area (Å²) in [5, 5.41) is 2.00. The van der Waals surface area contributed by atoms with Crippen molar-refractivity contribution in [3.63, 3.8) is 0 Å². The van der Waals surface area contributed by atoms with Crippen LogP contribution in [0.4, 0.5) is 0 Å². The molecule has 1 aromatic heterocycles. The molecule has 4 aromatic carbocycles. The molecule has 152 valence electrons. The topological polar surface area (TPSA) is 48.0 Å². The number of aromatic nitrogens is 1. The molecular weight excluding hydrogens is 380 g/mol. The Hall–Kier alpha value is -3.85. The van der Waals surface area contributed by atoms with E-state index in [1.807, 2.05) is 18.2 Å². The Balaban J connectivity index is 1.78. The molecule has 1 amide bonds. The Morgan fingerprint density at radius 2 is 1.61 bits per heavy atom. The van der Waals surface area contributed by atoms with E-state index in [1.165, 1.54) is 22.3 Å². The molecule has 0 aliphatic rings. The number of hydrogen-bond acceptors (Lipinski definition) is 1. The molecule has 0 aliphatic carbocycles. The number of amides is 1. The van der Waals surface area contributed by atoms with E-state index in [4.69, 9.17) is 5.73 Å². The van der Waals surface area contributed by atoms with Crippen LogP contribution in [-0.2, 0) is 13.0 Å². The van der Waals surface area contributed by atoms with E-state index >= 15 is 0 Å². The Kier molecular flexibility index (Phi) is 4.79. The summed E-state index contributed by atoms with van der Waals surface area (Å²) in [6.45, 7) is 2.87. The van der Waals surface area contributed by atoms with E-state index in [0.717, 1.165) is 28.2 Å². The second kappa shape index (κ2) is 7.77. The molecule has 5 rings (SSSR count). The van der Waals surface area contributed by atoms with Crippen LogP contribution in [0.25, 0.3) is 32.9 Å². The van der Waals surface area contributed by atoms with Crippen LogP contribution in [0.1, 0.15) is 28.4 Å². The number of carbonyl (C=O) groups excluding carboxylic acids is 1. The first-order chi connectivity index (χ1) is 15.2. The third-order valence-corrected chi connectivity index (χ3v) is 6.06. The van der Waals surface area contributed by atoms with Crippen LogP contribution in [-0.4, -0.2) is 10.5 Å². The number of fused-ring (bicyclic) bond motifs is 3. The molecule has 0 saturated heterocycles. The highest BCUT2D eigenvalue weighted by Gasteiger charge is 2.17. The average molecular weight is 405 g/mol. The minimum atomic E-state index is -0.395. The predicted molar refractivity (Wildman–Crippen MR) is 128 cm³/mol. The van der Waals surface area contributed by atoms with Crippen LogP contribution >= 0.6 is 0 Å². The first-order valence-corrected chi connectivity index (χ1v) is 10.6. The lowest BCUT2D eigenvalue weighted by molar-refractivity contribution is 0.100. The van der Waals surface area contributed by atoms with Crippen molar-refractivity contribution in [1.82, 2.24) is 4.57 Å². The number of primary amides is 1. The molecule has 1 heterocycles. The SMILES string of the molecule is CCc1ccc2c3c(C(N)=O)cccc3n(Cc3ccccc3-c3ccccc3)c2c1. The van der Waals surface area contributed by atoms with Gasteiger partial charge in [-0.1, -0.05) is 79.7 Å². The van der Waals surface area contributed by atoms with E-state index in [9.17, 15) is 4.79 Å². The van der Waals surface area contributed by atoms with Crippen LogP contribution in [0.3, 0.4) is 0 Å². The maximum atomic E-state index is 12.2. The van der Waals surface area contributed by atoms with Gasteiger partial charge < -0.3 is 10.3 Å². The number of nitrogens with two attached hydrogens (primary N) is 1. The van der Waals surface area contributed by atoms with Gasteiger partial charge in [-0.05, 0) is 46.9 Å². The Morgan fingerprint density at radius 3 is 2.39 bits per heavy atom. The van der Waals surface area contributed by atoms with Crippen LogP contribution in [0.15, 0.2) is 91.0 Å². The standard InChI is InChI=1S/C28H24N2O/c1-2-19-15-16-23-26(17-19)30(25-14-8-13-24(27(23)25)28(29)31)18-21-11-6-7-12-22(21)20-9-4-3-5-10-20/h3-17H,2,18H2,1H3,(H2,29,31). The van der Waals surface area contributed by atoms with Crippen LogP contribution in [0, 0.1) is 0 Å². The molecular formula is C28H24N2O. The fourth-order valence-electron chi connectivity index (χ4n) is 4.51. The zero-order valence-corrected chi connectivity index (χ0v) is 17.5. The van der Waals surface area contributed by atoms with Crippen LogP contribution in [0.5, 0.6) is 0 Å². The van der Waals surface area contributed by atoms with Gasteiger partial charge in [0.25, 0.3) is 0 Å². The average Bonchev–Trinajstić information content (AvgIpc) is 3.13. The van der Waals surface area contributed by atoms with E-state index in [2.05, 4.69) is 84.3 Å². The summed E-state index contributed by atoms with van der Waals surface area (Å²) in [6, 6.07) is 31.3. The van der Waals surface area contributed by atoms with Gasteiger partial charge in [-0.3, -0.25) is 4.79 Å². The van der Waals surface area contributed by atoms with Crippen molar-refractivity contribution >= 4 is 27.7 Å². The quantitative estimate of drug-likeness (QED) is 0.374. The minimum Gasteiger partial charge on any atom is -0.366 e. The summed E-state index contributed by atoms with van der Waals surface area (Å²) < 4.78 is 2.32. The molecule has 3 nitrogen and oxygen atoms in total. The molecule has 0 saturated carbocycles. The first-order valence-electron chi connectivity index (χ1n) is 10.6. The normalized spacial score (nSPS) is 11.3. The molecule has 3 heteroatoms. The number of carbonyl (C=O) groups is 1. The van der Waals surface area contributed by atoms with Crippen molar-refractivity contribution in [2.75, 3.05) is 0 Å². The Bertz CT molecular complexity index is 1410. The lowest BCUT2D eigenvalue weighted by atomic mass is 9.99. The van der Waals surface area contributed by atoms with Crippen molar-refractivity contribution in [2.45, 2.75) is 19.9 Å². The molecule has 0 atom stereocenters. The Labute approximate surface area is 181 Å². The van der Waals surface area contributed by atoms with E-state index in [0.29, 0.717) is 12.1 Å². The van der Waals surface area contributed by atoms with Gasteiger partial charge in [0.2, 0.25) is 5.91 Å². The zero-order valence-electron chi connectivity index (χ0n) is 17.5. The number of aryl methyl sites for hydroxylation is 1. The molecule has 31 heavy (non-hydrogen) atoms. The highest BCUT2D eigenvalue weighted by molar-refractivity contribution is 6.18. The van der Waals surface area contributed by atoms with Crippen molar-refractivity contribution in [2.24, 2.45) is 5.73 Å². The minimum absolute atomic E-state index is 0.395. The number of nitrogens with zero attached hydrogens (tertiary/aromatic N) is 1. The zero-order chi connectivity index (χ0) is 21.4. The van der Waals surface area contributed by atoms with Crippen LogP contribution in [0.2, 0.25) is 0 Å². The number of rotatable bonds is 5. The van der Waals surface area contributed by atoms with Crippen molar-refractivity contribution < 1.29 is 4.79 Å². The summed E-state index contributed by atoms with van der Waals surface area (Å²) in [7, 11) is 0. The number of benzene rings is 4. The number of hydrogen-bond donors (Lipinski definition) is 1. The Morgan fingerprint density at radius 1 is 0.839 bits per heavy atom. The highest BCUT2D eigenvalue weighted by Crippen LogP contribution is 2.34. The summed E-state index contributed by atoms with van der Waals surface area (Å²) in [5.41, 5.74) is 13.4. The smallest absolute Gasteiger partial charge is 0.249 e. The van der Waals surface area contributed by atoms with E-state index in [-0.39, 0.29) is 0 Å². The summed E-state index contributed by atoms with van der Waals surface area (Å²) >= 11 is 0. The van der Waals surface area contributed by atoms with Crippen molar-refractivity contribution in [3.8, 4) is 11.1 Å². The highest BCUT2D eigenvalue weighted by atomic mass is 16.1. The molecule has 5 aromatic rings. The summed E-state index contributed by atoms with van der Waals surface area (Å²) in [5.74, 6) is -0.395. The molecule has 0 spiro atoms. The van der Waals surface area contributed by atoms with Crippen molar-refractivity contribution in [3.05, 3.63) is 108 Å². The predicted octanol–water partition coefficient (Wildman–Crippen LogP) is 6.17. The van der Waals surface area contributed by atoms with E-state index in [1.54, 1.807) is 0 Å². The van der Waals surface area contributed by atoms with Gasteiger partial charge in [0, 0.05) is 28.4 Å². The van der Waals surface area contributed by atoms with E-state index < -0.39 is 5.91 Å². The lowest BCUT2D eigenvalue weighted by Gasteiger charge is -2.13. The fraction of sp³-hybridized carbons (Fsp3) is 0.107. The fourth-order valence-corrected chi connectivity index (χ4v) is 4.51. The summed E-state index contributed by atoms with van der Waals surface area (Å²) in [4.78, 5) is 12.2. The van der Waals surface area contributed by atoms with Gasteiger partial charge >= 0.3 is 0 Å². The monoisotopic (exact) mass is 404 g/mol. The maximum absolute atomic E-state index is 12.2. The first kappa shape index (κ1) is 19.1. The third kappa shape index (κ3) is 3.28. The second-order valence-corrected chi connectivity index (χ2v) is 7.88. The van der Waals surface area contributed by atoms with Gasteiger partial charge in [0.15, 0.2) is 0 Å².